The van der Waals surface area contributed by atoms with Crippen LogP contribution in [0.3, 0.4) is 0 Å². The van der Waals surface area contributed by atoms with Crippen LogP contribution >= 0.6 is 0 Å². The molecule has 0 spiro atoms. The molecule has 0 radical (unpaired) electrons. The zero-order valence-electron chi connectivity index (χ0n) is 10.4. The third-order valence-electron chi connectivity index (χ3n) is 2.83. The summed E-state index contributed by atoms with van der Waals surface area (Å²) >= 11 is 0. The van der Waals surface area contributed by atoms with Gasteiger partial charge in [0.15, 0.2) is 0 Å². The number of fused-ring (bicyclic) bond motifs is 1. The number of rotatable bonds is 5. The molecule has 1 aromatic heterocycles. The topological polar surface area (TPSA) is 66.9 Å². The maximum Gasteiger partial charge on any atom is 0.328 e. The lowest BCUT2D eigenvalue weighted by Crippen LogP contribution is -2.38. The van der Waals surface area contributed by atoms with Crippen LogP contribution < -0.4 is 16.6 Å². The second-order valence-corrected chi connectivity index (χ2v) is 4.18. The van der Waals surface area contributed by atoms with Crippen molar-refractivity contribution in [2.24, 2.45) is 0 Å². The average Bonchev–Trinajstić information content (AvgIpc) is 2.38. The van der Waals surface area contributed by atoms with Gasteiger partial charge >= 0.3 is 5.69 Å². The summed E-state index contributed by atoms with van der Waals surface area (Å²) in [6.07, 6.45) is 1.03. The third kappa shape index (κ3) is 2.51. The quantitative estimate of drug-likeness (QED) is 0.764. The molecule has 2 N–H and O–H groups in total. The van der Waals surface area contributed by atoms with Crippen molar-refractivity contribution in [2.75, 3.05) is 13.1 Å². The van der Waals surface area contributed by atoms with Gasteiger partial charge in [0, 0.05) is 13.1 Å². The Kier molecular flexibility index (Phi) is 3.94. The lowest BCUT2D eigenvalue weighted by molar-refractivity contribution is 0.566. The molecule has 0 aliphatic carbocycles. The minimum atomic E-state index is -0.350. The van der Waals surface area contributed by atoms with E-state index in [0.29, 0.717) is 24.0 Å². The summed E-state index contributed by atoms with van der Waals surface area (Å²) in [4.78, 5) is 26.6. The van der Waals surface area contributed by atoms with E-state index in [0.717, 1.165) is 13.0 Å². The van der Waals surface area contributed by atoms with Crippen LogP contribution in [0.1, 0.15) is 13.3 Å². The van der Waals surface area contributed by atoms with Crippen molar-refractivity contribution in [3.63, 3.8) is 0 Å². The van der Waals surface area contributed by atoms with Gasteiger partial charge in [-0.1, -0.05) is 19.1 Å². The lowest BCUT2D eigenvalue weighted by atomic mass is 10.2. The highest BCUT2D eigenvalue weighted by molar-refractivity contribution is 5.76. The molecule has 1 heterocycles. The van der Waals surface area contributed by atoms with Crippen LogP contribution in [0.4, 0.5) is 0 Å². The highest BCUT2D eigenvalue weighted by Crippen LogP contribution is 2.02. The van der Waals surface area contributed by atoms with Crippen molar-refractivity contribution in [2.45, 2.75) is 19.9 Å². The molecular weight excluding hydrogens is 230 g/mol. The van der Waals surface area contributed by atoms with Gasteiger partial charge in [-0.25, -0.2) is 4.79 Å². The monoisotopic (exact) mass is 247 g/mol. The standard InChI is InChI=1S/C13H17N3O2/c1-2-7-14-8-9-16-12(17)10-5-3-4-6-11(10)15-13(16)18/h3-6,14H,2,7-9H2,1H3,(H,15,18). The molecule has 0 saturated heterocycles. The molecule has 1 aromatic carbocycles. The second-order valence-electron chi connectivity index (χ2n) is 4.18. The summed E-state index contributed by atoms with van der Waals surface area (Å²) in [6, 6.07) is 7.05. The molecule has 0 bridgehead atoms. The van der Waals surface area contributed by atoms with Crippen LogP contribution in [0, 0.1) is 0 Å². The highest BCUT2D eigenvalue weighted by Gasteiger charge is 2.05. The van der Waals surface area contributed by atoms with Crippen molar-refractivity contribution in [3.05, 3.63) is 45.1 Å². The first-order chi connectivity index (χ1) is 8.74. The van der Waals surface area contributed by atoms with Gasteiger partial charge in [0.2, 0.25) is 0 Å². The number of aromatic amines is 1. The molecule has 96 valence electrons. The highest BCUT2D eigenvalue weighted by atomic mass is 16.2. The third-order valence-corrected chi connectivity index (χ3v) is 2.83. The van der Waals surface area contributed by atoms with Crippen LogP contribution in [0.2, 0.25) is 0 Å². The normalized spacial score (nSPS) is 10.9. The van der Waals surface area contributed by atoms with Crippen LogP contribution in [0.5, 0.6) is 0 Å². The molecule has 2 aromatic rings. The Morgan fingerprint density at radius 1 is 1.22 bits per heavy atom. The number of benzene rings is 1. The Balaban J connectivity index is 2.33. The number of hydrogen-bond donors (Lipinski definition) is 2. The van der Waals surface area contributed by atoms with Crippen LogP contribution in [-0.2, 0) is 6.54 Å². The molecule has 5 nitrogen and oxygen atoms in total. The number of para-hydroxylation sites is 1. The van der Waals surface area contributed by atoms with E-state index in [1.165, 1.54) is 4.57 Å². The van der Waals surface area contributed by atoms with E-state index < -0.39 is 0 Å². The Hall–Kier alpha value is -1.88. The molecule has 0 amide bonds. The molecule has 2 rings (SSSR count). The fourth-order valence-corrected chi connectivity index (χ4v) is 1.89. The summed E-state index contributed by atoms with van der Waals surface area (Å²) in [5, 5.41) is 3.72. The number of aromatic nitrogens is 2. The van der Waals surface area contributed by atoms with Gasteiger partial charge in [-0.2, -0.15) is 0 Å². The summed E-state index contributed by atoms with van der Waals surface area (Å²) in [7, 11) is 0. The van der Waals surface area contributed by atoms with E-state index in [2.05, 4.69) is 17.2 Å². The molecule has 0 unspecified atom stereocenters. The van der Waals surface area contributed by atoms with Gasteiger partial charge in [-0.05, 0) is 25.1 Å². The lowest BCUT2D eigenvalue weighted by Gasteiger charge is -2.06. The van der Waals surface area contributed by atoms with Gasteiger partial charge in [-0.15, -0.1) is 0 Å². The fraction of sp³-hybridized carbons (Fsp3) is 0.385. The Morgan fingerprint density at radius 2 is 2.00 bits per heavy atom. The van der Waals surface area contributed by atoms with Gasteiger partial charge < -0.3 is 10.3 Å². The molecule has 0 aliphatic rings. The first-order valence-corrected chi connectivity index (χ1v) is 6.16. The van der Waals surface area contributed by atoms with Gasteiger partial charge in [-0.3, -0.25) is 9.36 Å². The maximum absolute atomic E-state index is 12.1. The minimum absolute atomic E-state index is 0.229. The van der Waals surface area contributed by atoms with E-state index in [-0.39, 0.29) is 11.2 Å². The first kappa shape index (κ1) is 12.6. The second kappa shape index (κ2) is 5.64. The van der Waals surface area contributed by atoms with E-state index >= 15 is 0 Å². The molecule has 18 heavy (non-hydrogen) atoms. The summed E-state index contributed by atoms with van der Waals surface area (Å²) < 4.78 is 1.24. The van der Waals surface area contributed by atoms with Crippen LogP contribution in [0.25, 0.3) is 10.9 Å². The Morgan fingerprint density at radius 3 is 2.78 bits per heavy atom. The van der Waals surface area contributed by atoms with Crippen LogP contribution in [0.15, 0.2) is 33.9 Å². The van der Waals surface area contributed by atoms with E-state index in [1.54, 1.807) is 24.3 Å². The van der Waals surface area contributed by atoms with E-state index in [9.17, 15) is 9.59 Å². The molecule has 5 heteroatoms. The number of nitrogens with zero attached hydrogens (tertiary/aromatic N) is 1. The smallest absolute Gasteiger partial charge is 0.315 e. The summed E-state index contributed by atoms with van der Waals surface area (Å²) in [5.74, 6) is 0. The minimum Gasteiger partial charge on any atom is -0.315 e. The van der Waals surface area contributed by atoms with Gasteiger partial charge in [0.05, 0.1) is 10.9 Å². The molecule has 0 fully saturated rings. The Labute approximate surface area is 104 Å². The van der Waals surface area contributed by atoms with E-state index in [4.69, 9.17) is 0 Å². The van der Waals surface area contributed by atoms with Crippen molar-refractivity contribution >= 4 is 10.9 Å². The van der Waals surface area contributed by atoms with Crippen molar-refractivity contribution in [3.8, 4) is 0 Å². The number of hydrogen-bond acceptors (Lipinski definition) is 3. The summed E-state index contributed by atoms with van der Waals surface area (Å²) in [6.45, 7) is 3.97. The predicted octanol–water partition coefficient (Wildman–Crippen LogP) is 0.689. The zero-order chi connectivity index (χ0) is 13.0. The van der Waals surface area contributed by atoms with Crippen molar-refractivity contribution in [1.29, 1.82) is 0 Å². The molecule has 0 atom stereocenters. The average molecular weight is 247 g/mol. The van der Waals surface area contributed by atoms with Crippen LogP contribution in [-0.4, -0.2) is 22.6 Å². The van der Waals surface area contributed by atoms with Crippen molar-refractivity contribution in [1.82, 2.24) is 14.9 Å². The molecule has 0 aliphatic heterocycles. The zero-order valence-corrected chi connectivity index (χ0v) is 10.4. The van der Waals surface area contributed by atoms with Gasteiger partial charge in [0.1, 0.15) is 0 Å². The SMILES string of the molecule is CCCNCCn1c(=O)[nH]c2ccccc2c1=O. The predicted molar refractivity (Wildman–Crippen MR) is 72.0 cm³/mol. The largest absolute Gasteiger partial charge is 0.328 e. The maximum atomic E-state index is 12.1. The molecular formula is C13H17N3O2. The Bertz CT molecular complexity index is 642. The number of nitrogens with one attached hydrogen (secondary N) is 2. The fourth-order valence-electron chi connectivity index (χ4n) is 1.89. The first-order valence-electron chi connectivity index (χ1n) is 6.16. The molecule has 0 saturated carbocycles. The van der Waals surface area contributed by atoms with Gasteiger partial charge in [0.25, 0.3) is 5.56 Å². The number of H-pyrrole nitrogens is 1. The van der Waals surface area contributed by atoms with Crippen molar-refractivity contribution < 1.29 is 0 Å². The van der Waals surface area contributed by atoms with E-state index in [1.807, 2.05) is 0 Å². The summed E-state index contributed by atoms with van der Waals surface area (Å²) in [5.41, 5.74) is 0.00918.